The highest BCUT2D eigenvalue weighted by Gasteiger charge is 2.49. The Kier molecular flexibility index (Phi) is 3.84. The summed E-state index contributed by atoms with van der Waals surface area (Å²) in [6.45, 7) is 11.5. The molecule has 2 aliphatic heterocycles. The van der Waals surface area contributed by atoms with Crippen molar-refractivity contribution in [3.8, 4) is 0 Å². The zero-order valence-electron chi connectivity index (χ0n) is 16.3. The van der Waals surface area contributed by atoms with Crippen LogP contribution < -0.4 is 0 Å². The van der Waals surface area contributed by atoms with Crippen LogP contribution in [-0.4, -0.2) is 19.8 Å². The number of hydrogen-bond donors (Lipinski definition) is 1. The van der Waals surface area contributed by atoms with Crippen LogP contribution in [0.15, 0.2) is 12.1 Å². The second kappa shape index (κ2) is 5.42. The molecule has 25 heavy (non-hydrogen) atoms. The SMILES string of the molecule is Cc1cc2c(cc1C1(O)CC3CCC(C1)S3=O)C(C)(C)CCC2(C)C. The van der Waals surface area contributed by atoms with Gasteiger partial charge in [-0.2, -0.15) is 0 Å². The van der Waals surface area contributed by atoms with Gasteiger partial charge in [-0.25, -0.2) is 0 Å². The van der Waals surface area contributed by atoms with E-state index in [4.69, 9.17) is 0 Å². The van der Waals surface area contributed by atoms with E-state index in [1.54, 1.807) is 0 Å². The van der Waals surface area contributed by atoms with Gasteiger partial charge in [-0.1, -0.05) is 39.8 Å². The Morgan fingerprint density at radius 3 is 1.92 bits per heavy atom. The quantitative estimate of drug-likeness (QED) is 0.794. The molecule has 1 aromatic rings. The Morgan fingerprint density at radius 1 is 0.920 bits per heavy atom. The van der Waals surface area contributed by atoms with Gasteiger partial charge in [-0.3, -0.25) is 4.21 Å². The molecule has 2 bridgehead atoms. The first-order chi connectivity index (χ1) is 11.5. The average molecular weight is 361 g/mol. The van der Waals surface area contributed by atoms with Gasteiger partial charge in [0.25, 0.3) is 0 Å². The molecule has 2 heterocycles. The minimum Gasteiger partial charge on any atom is -0.385 e. The highest BCUT2D eigenvalue weighted by molar-refractivity contribution is 7.86. The molecule has 0 amide bonds. The van der Waals surface area contributed by atoms with Gasteiger partial charge < -0.3 is 5.11 Å². The lowest BCUT2D eigenvalue weighted by Crippen LogP contribution is -2.41. The summed E-state index contributed by atoms with van der Waals surface area (Å²) in [6, 6.07) is 4.66. The third-order valence-corrected chi connectivity index (χ3v) is 9.42. The van der Waals surface area contributed by atoms with E-state index in [1.807, 2.05) is 0 Å². The molecule has 2 atom stereocenters. The molecule has 0 saturated carbocycles. The molecule has 0 aromatic heterocycles. The zero-order valence-corrected chi connectivity index (χ0v) is 17.1. The van der Waals surface area contributed by atoms with Crippen molar-refractivity contribution in [2.24, 2.45) is 0 Å². The van der Waals surface area contributed by atoms with Crippen LogP contribution in [-0.2, 0) is 27.2 Å². The molecule has 1 aliphatic carbocycles. The van der Waals surface area contributed by atoms with Crippen molar-refractivity contribution in [3.05, 3.63) is 34.4 Å². The largest absolute Gasteiger partial charge is 0.385 e. The van der Waals surface area contributed by atoms with E-state index < -0.39 is 16.4 Å². The molecule has 2 saturated heterocycles. The predicted molar refractivity (Wildman–Crippen MR) is 105 cm³/mol. The predicted octanol–water partition coefficient (Wildman–Crippen LogP) is 4.61. The number of fused-ring (bicyclic) bond motifs is 3. The second-order valence-electron chi connectivity index (χ2n) is 10.1. The molecule has 1 N–H and O–H groups in total. The van der Waals surface area contributed by atoms with Crippen LogP contribution in [0, 0.1) is 6.92 Å². The summed E-state index contributed by atoms with van der Waals surface area (Å²) in [5.41, 5.74) is 4.73. The fourth-order valence-corrected chi connectivity index (χ4v) is 7.69. The summed E-state index contributed by atoms with van der Waals surface area (Å²) in [5.74, 6) is 0. The Hall–Kier alpha value is -0.670. The lowest BCUT2D eigenvalue weighted by molar-refractivity contribution is 0.0176. The van der Waals surface area contributed by atoms with Gasteiger partial charge in [0, 0.05) is 21.3 Å². The average Bonchev–Trinajstić information content (AvgIpc) is 2.74. The van der Waals surface area contributed by atoms with Crippen molar-refractivity contribution >= 4 is 10.8 Å². The van der Waals surface area contributed by atoms with Crippen molar-refractivity contribution in [1.29, 1.82) is 0 Å². The van der Waals surface area contributed by atoms with Crippen molar-refractivity contribution in [2.75, 3.05) is 0 Å². The zero-order chi connectivity index (χ0) is 18.2. The molecular weight excluding hydrogens is 328 g/mol. The first-order valence-electron chi connectivity index (χ1n) is 9.81. The van der Waals surface area contributed by atoms with Gasteiger partial charge in [0.2, 0.25) is 0 Å². The van der Waals surface area contributed by atoms with Crippen LogP contribution in [0.4, 0.5) is 0 Å². The fraction of sp³-hybridized carbons (Fsp3) is 0.727. The summed E-state index contributed by atoms with van der Waals surface area (Å²) in [6.07, 6.45) is 5.76. The van der Waals surface area contributed by atoms with Crippen LogP contribution in [0.3, 0.4) is 0 Å². The second-order valence-corrected chi connectivity index (χ2v) is 12.1. The molecule has 3 aliphatic rings. The summed E-state index contributed by atoms with van der Waals surface area (Å²) in [5, 5.41) is 12.0. The minimum absolute atomic E-state index is 0.153. The maximum atomic E-state index is 12.4. The standard InChI is InChI=1S/C22H32O2S/c1-14-10-18-19(21(4,5)9-8-20(18,2)3)11-17(14)22(23)12-15-6-7-16(13-22)25(15)24/h10-11,15-16,23H,6-9,12-13H2,1-5H3. The summed E-state index contributed by atoms with van der Waals surface area (Å²) in [7, 11) is -0.735. The molecule has 0 spiro atoms. The first-order valence-corrected chi connectivity index (χ1v) is 11.1. The van der Waals surface area contributed by atoms with Gasteiger partial charge in [0.1, 0.15) is 0 Å². The molecule has 0 radical (unpaired) electrons. The number of rotatable bonds is 1. The molecule has 1 aromatic carbocycles. The van der Waals surface area contributed by atoms with Crippen LogP contribution in [0.25, 0.3) is 0 Å². The number of hydrogen-bond acceptors (Lipinski definition) is 2. The van der Waals surface area contributed by atoms with Crippen molar-refractivity contribution in [2.45, 2.75) is 100 Å². The summed E-state index contributed by atoms with van der Waals surface area (Å²) >= 11 is 0. The molecule has 4 rings (SSSR count). The fourth-order valence-electron chi connectivity index (χ4n) is 5.52. The minimum atomic E-state index is -0.795. The van der Waals surface area contributed by atoms with Crippen LogP contribution in [0.2, 0.25) is 0 Å². The van der Waals surface area contributed by atoms with E-state index in [-0.39, 0.29) is 21.3 Å². The molecular formula is C22H32O2S. The van der Waals surface area contributed by atoms with Gasteiger partial charge >= 0.3 is 0 Å². The van der Waals surface area contributed by atoms with E-state index >= 15 is 0 Å². The number of aliphatic hydroxyl groups is 1. The molecule has 138 valence electrons. The summed E-state index contributed by atoms with van der Waals surface area (Å²) in [4.78, 5) is 0. The van der Waals surface area contributed by atoms with Crippen LogP contribution in [0.5, 0.6) is 0 Å². The Labute approximate surface area is 154 Å². The van der Waals surface area contributed by atoms with Crippen LogP contribution >= 0.6 is 0 Å². The third-order valence-electron chi connectivity index (χ3n) is 7.30. The molecule has 3 heteroatoms. The topological polar surface area (TPSA) is 37.3 Å². The third kappa shape index (κ3) is 2.65. The van der Waals surface area contributed by atoms with E-state index in [2.05, 4.69) is 46.8 Å². The maximum absolute atomic E-state index is 12.4. The highest BCUT2D eigenvalue weighted by atomic mass is 32.2. The van der Waals surface area contributed by atoms with Crippen molar-refractivity contribution in [3.63, 3.8) is 0 Å². The van der Waals surface area contributed by atoms with Gasteiger partial charge in [-0.05, 0) is 78.5 Å². The first kappa shape index (κ1) is 17.7. The van der Waals surface area contributed by atoms with Gasteiger partial charge in [-0.15, -0.1) is 0 Å². The number of benzene rings is 1. The van der Waals surface area contributed by atoms with Gasteiger partial charge in [0.15, 0.2) is 0 Å². The molecule has 2 unspecified atom stereocenters. The summed E-state index contributed by atoms with van der Waals surface area (Å²) < 4.78 is 12.4. The normalized spacial score (nSPS) is 38.4. The lowest BCUT2D eigenvalue weighted by atomic mass is 9.62. The van der Waals surface area contributed by atoms with Crippen molar-refractivity contribution < 1.29 is 9.32 Å². The maximum Gasteiger partial charge on any atom is 0.0922 e. The highest BCUT2D eigenvalue weighted by Crippen LogP contribution is 2.51. The van der Waals surface area contributed by atoms with E-state index in [0.717, 1.165) is 18.4 Å². The Bertz CT molecular complexity index is 731. The Balaban J connectivity index is 1.83. The van der Waals surface area contributed by atoms with E-state index in [0.29, 0.717) is 12.8 Å². The molecule has 2 nitrogen and oxygen atoms in total. The Morgan fingerprint density at radius 2 is 1.40 bits per heavy atom. The number of aryl methyl sites for hydroxylation is 1. The monoisotopic (exact) mass is 360 g/mol. The van der Waals surface area contributed by atoms with Crippen molar-refractivity contribution in [1.82, 2.24) is 0 Å². The lowest BCUT2D eigenvalue weighted by Gasteiger charge is -2.44. The molecule has 2 fully saturated rings. The smallest absolute Gasteiger partial charge is 0.0922 e. The van der Waals surface area contributed by atoms with E-state index in [1.165, 1.54) is 29.5 Å². The van der Waals surface area contributed by atoms with Gasteiger partial charge in [0.05, 0.1) is 5.60 Å². The van der Waals surface area contributed by atoms with Crippen LogP contribution in [0.1, 0.15) is 88.5 Å². The van der Waals surface area contributed by atoms with E-state index in [9.17, 15) is 9.32 Å².